The van der Waals surface area contributed by atoms with Gasteiger partial charge in [0.05, 0.1) is 11.3 Å². The van der Waals surface area contributed by atoms with Crippen LogP contribution in [-0.2, 0) is 0 Å². The van der Waals surface area contributed by atoms with Crippen molar-refractivity contribution in [2.24, 2.45) is 0 Å². The summed E-state index contributed by atoms with van der Waals surface area (Å²) < 4.78 is 0.841. The third-order valence-corrected chi connectivity index (χ3v) is 2.34. The second-order valence-corrected chi connectivity index (χ2v) is 3.91. The quantitative estimate of drug-likeness (QED) is 0.819. The van der Waals surface area contributed by atoms with Crippen molar-refractivity contribution >= 4 is 21.7 Å². The zero-order valence-corrected chi connectivity index (χ0v) is 9.09. The Balaban J connectivity index is 3.31. The number of rotatable bonds is 1. The highest BCUT2D eigenvalue weighted by molar-refractivity contribution is 9.10. The number of aromatic nitrogens is 1. The summed E-state index contributed by atoms with van der Waals surface area (Å²) in [5.74, 6) is 0.596. The number of anilines is 1. The van der Waals surface area contributed by atoms with Crippen molar-refractivity contribution in [3.63, 3.8) is 0 Å². The maximum atomic E-state index is 8.68. The first kappa shape index (κ1) is 10.0. The van der Waals surface area contributed by atoms with Crippen molar-refractivity contribution in [3.05, 3.63) is 21.8 Å². The van der Waals surface area contributed by atoms with Gasteiger partial charge in [-0.15, -0.1) is 0 Å². The van der Waals surface area contributed by atoms with Gasteiger partial charge in [0.2, 0.25) is 0 Å². The third kappa shape index (κ3) is 1.99. The first-order valence-electron chi connectivity index (χ1n) is 3.92. The lowest BCUT2D eigenvalue weighted by Crippen LogP contribution is -2.01. The van der Waals surface area contributed by atoms with Crippen LogP contribution >= 0.6 is 15.9 Å². The molecule has 0 saturated carbocycles. The summed E-state index contributed by atoms with van der Waals surface area (Å²) in [4.78, 5) is 4.15. The standard InChI is InChI=1S/C9H10BrN3/c1-5(2)8-7(10)3-6(4-11)9(12)13-8/h3,5H,1-2H3,(H2,12,13). The van der Waals surface area contributed by atoms with Crippen LogP contribution in [-0.4, -0.2) is 4.98 Å². The fourth-order valence-electron chi connectivity index (χ4n) is 1.01. The van der Waals surface area contributed by atoms with E-state index in [1.807, 2.05) is 19.9 Å². The monoisotopic (exact) mass is 239 g/mol. The summed E-state index contributed by atoms with van der Waals surface area (Å²) >= 11 is 3.35. The largest absolute Gasteiger partial charge is 0.383 e. The second-order valence-electron chi connectivity index (χ2n) is 3.05. The van der Waals surface area contributed by atoms with Crippen LogP contribution in [0, 0.1) is 11.3 Å². The van der Waals surface area contributed by atoms with Crippen LogP contribution in [0.4, 0.5) is 5.82 Å². The van der Waals surface area contributed by atoms with Crippen LogP contribution in [0.2, 0.25) is 0 Å². The minimum atomic E-state index is 0.296. The van der Waals surface area contributed by atoms with Crippen molar-refractivity contribution in [3.8, 4) is 6.07 Å². The van der Waals surface area contributed by atoms with Crippen LogP contribution in [0.15, 0.2) is 10.5 Å². The molecule has 0 amide bonds. The van der Waals surface area contributed by atoms with Gasteiger partial charge in [0.15, 0.2) is 0 Å². The SMILES string of the molecule is CC(C)c1nc(N)c(C#N)cc1Br. The van der Waals surface area contributed by atoms with E-state index >= 15 is 0 Å². The number of nitrogens with two attached hydrogens (primary N) is 1. The highest BCUT2D eigenvalue weighted by Gasteiger charge is 2.10. The Morgan fingerprint density at radius 3 is 2.69 bits per heavy atom. The smallest absolute Gasteiger partial charge is 0.141 e. The fraction of sp³-hybridized carbons (Fsp3) is 0.333. The van der Waals surface area contributed by atoms with Crippen LogP contribution in [0.1, 0.15) is 31.0 Å². The summed E-state index contributed by atoms with van der Waals surface area (Å²) in [6.07, 6.45) is 0. The van der Waals surface area contributed by atoms with Crippen molar-refractivity contribution in [2.75, 3.05) is 5.73 Å². The topological polar surface area (TPSA) is 62.7 Å². The Kier molecular flexibility index (Phi) is 2.89. The molecule has 0 fully saturated rings. The molecule has 1 heterocycles. The second kappa shape index (κ2) is 3.75. The number of nitriles is 1. The Hall–Kier alpha value is -1.08. The van der Waals surface area contributed by atoms with Gasteiger partial charge in [0.1, 0.15) is 11.9 Å². The number of halogens is 1. The van der Waals surface area contributed by atoms with Crippen LogP contribution in [0.3, 0.4) is 0 Å². The van der Waals surface area contributed by atoms with Crippen molar-refractivity contribution in [1.82, 2.24) is 4.98 Å². The van der Waals surface area contributed by atoms with Gasteiger partial charge in [-0.1, -0.05) is 13.8 Å². The summed E-state index contributed by atoms with van der Waals surface area (Å²) in [7, 11) is 0. The molecule has 3 nitrogen and oxygen atoms in total. The predicted molar refractivity (Wildman–Crippen MR) is 55.2 cm³/mol. The van der Waals surface area contributed by atoms with Crippen LogP contribution in [0.25, 0.3) is 0 Å². The average Bonchev–Trinajstić information content (AvgIpc) is 2.07. The molecule has 2 N–H and O–H groups in total. The molecule has 0 unspecified atom stereocenters. The molecular weight excluding hydrogens is 230 g/mol. The Labute approximate surface area is 85.7 Å². The maximum Gasteiger partial charge on any atom is 0.141 e. The molecule has 0 saturated heterocycles. The predicted octanol–water partition coefficient (Wildman–Crippen LogP) is 2.42. The molecule has 0 radical (unpaired) electrons. The number of nitrogens with zero attached hydrogens (tertiary/aromatic N) is 2. The zero-order chi connectivity index (χ0) is 10.0. The van der Waals surface area contributed by atoms with Crippen LogP contribution in [0.5, 0.6) is 0 Å². The van der Waals surface area contributed by atoms with Crippen molar-refractivity contribution < 1.29 is 0 Å². The Morgan fingerprint density at radius 2 is 2.23 bits per heavy atom. The molecule has 0 aliphatic carbocycles. The van der Waals surface area contributed by atoms with Gasteiger partial charge in [-0.25, -0.2) is 4.98 Å². The van der Waals surface area contributed by atoms with E-state index in [0.717, 1.165) is 10.2 Å². The highest BCUT2D eigenvalue weighted by atomic mass is 79.9. The molecule has 13 heavy (non-hydrogen) atoms. The molecule has 1 rings (SSSR count). The van der Waals surface area contributed by atoms with E-state index in [1.54, 1.807) is 6.07 Å². The summed E-state index contributed by atoms with van der Waals surface area (Å²) in [5.41, 5.74) is 6.88. The fourth-order valence-corrected chi connectivity index (χ4v) is 1.79. The van der Waals surface area contributed by atoms with E-state index in [9.17, 15) is 0 Å². The molecule has 4 heteroatoms. The molecular formula is C9H10BrN3. The van der Waals surface area contributed by atoms with Crippen molar-refractivity contribution in [2.45, 2.75) is 19.8 Å². The Morgan fingerprint density at radius 1 is 1.62 bits per heavy atom. The summed E-state index contributed by atoms with van der Waals surface area (Å²) in [5, 5.41) is 8.68. The lowest BCUT2D eigenvalue weighted by Gasteiger charge is -2.08. The van der Waals surface area contributed by atoms with Gasteiger partial charge >= 0.3 is 0 Å². The molecule has 0 aliphatic rings. The number of pyridine rings is 1. The van der Waals surface area contributed by atoms with Gasteiger partial charge in [-0.2, -0.15) is 5.26 Å². The lowest BCUT2D eigenvalue weighted by molar-refractivity contribution is 0.818. The molecule has 0 spiro atoms. The number of hydrogen-bond donors (Lipinski definition) is 1. The Bertz CT molecular complexity index is 366. The van der Waals surface area contributed by atoms with Crippen molar-refractivity contribution in [1.29, 1.82) is 5.26 Å². The molecule has 0 aliphatic heterocycles. The van der Waals surface area contributed by atoms with E-state index in [1.165, 1.54) is 0 Å². The molecule has 0 atom stereocenters. The normalized spacial score (nSPS) is 10.1. The van der Waals surface area contributed by atoms with E-state index < -0.39 is 0 Å². The third-order valence-electron chi connectivity index (χ3n) is 1.70. The maximum absolute atomic E-state index is 8.68. The van der Waals surface area contributed by atoms with E-state index in [2.05, 4.69) is 20.9 Å². The van der Waals surface area contributed by atoms with Gasteiger partial charge in [0, 0.05) is 4.47 Å². The van der Waals surface area contributed by atoms with E-state index in [0.29, 0.717) is 17.3 Å². The highest BCUT2D eigenvalue weighted by Crippen LogP contribution is 2.25. The minimum absolute atomic E-state index is 0.296. The number of nitrogen functional groups attached to an aromatic ring is 1. The van der Waals surface area contributed by atoms with Gasteiger partial charge in [-0.05, 0) is 27.9 Å². The van der Waals surface area contributed by atoms with E-state index in [4.69, 9.17) is 11.0 Å². The number of hydrogen-bond acceptors (Lipinski definition) is 3. The summed E-state index contributed by atoms with van der Waals surface area (Å²) in [6.45, 7) is 4.05. The molecule has 68 valence electrons. The summed E-state index contributed by atoms with van der Waals surface area (Å²) in [6, 6.07) is 3.69. The van der Waals surface area contributed by atoms with Gasteiger partial charge < -0.3 is 5.73 Å². The molecule has 1 aromatic heterocycles. The van der Waals surface area contributed by atoms with Crippen LogP contribution < -0.4 is 5.73 Å². The molecule has 1 aromatic rings. The first-order chi connectivity index (χ1) is 6.06. The molecule has 0 bridgehead atoms. The van der Waals surface area contributed by atoms with Gasteiger partial charge in [-0.3, -0.25) is 0 Å². The lowest BCUT2D eigenvalue weighted by atomic mass is 10.1. The van der Waals surface area contributed by atoms with E-state index in [-0.39, 0.29) is 0 Å². The average molecular weight is 240 g/mol. The zero-order valence-electron chi connectivity index (χ0n) is 7.50. The molecule has 0 aromatic carbocycles. The van der Waals surface area contributed by atoms with Gasteiger partial charge in [0.25, 0.3) is 0 Å². The first-order valence-corrected chi connectivity index (χ1v) is 4.71. The minimum Gasteiger partial charge on any atom is -0.383 e.